The number of carbonyl (C=O) groups excluding carboxylic acids is 1. The highest BCUT2D eigenvalue weighted by Gasteiger charge is 2.35. The van der Waals surface area contributed by atoms with E-state index >= 15 is 0 Å². The molecule has 1 aliphatic rings. The summed E-state index contributed by atoms with van der Waals surface area (Å²) in [6, 6.07) is 5.62. The van der Waals surface area contributed by atoms with Crippen LogP contribution in [0, 0.1) is 12.3 Å². The quantitative estimate of drug-likeness (QED) is 0.864. The lowest BCUT2D eigenvalue weighted by Gasteiger charge is -2.42. The third kappa shape index (κ3) is 3.27. The zero-order chi connectivity index (χ0) is 14.2. The number of rotatable bonds is 1. The predicted molar refractivity (Wildman–Crippen MR) is 85.7 cm³/mol. The monoisotopic (exact) mass is 316 g/mol. The van der Waals surface area contributed by atoms with Crippen molar-refractivity contribution in [3.05, 3.63) is 34.3 Å². The minimum atomic E-state index is -0.0413. The van der Waals surface area contributed by atoms with Crippen molar-refractivity contribution >= 4 is 29.9 Å². The molecule has 2 rings (SSSR count). The number of hydrogen-bond acceptors (Lipinski definition) is 2. The van der Waals surface area contributed by atoms with Gasteiger partial charge in [-0.2, -0.15) is 0 Å². The second kappa shape index (κ2) is 6.33. The topological polar surface area (TPSA) is 46.3 Å². The standard InChI is InChI=1S/C15H21ClN2O.ClH/c1-10-11(5-4-6-12(10)16)14(19)18-8-7-13(17)15(2,3)9-18;/h4-6,13H,7-9,17H2,1-3H3;1H. The second-order valence-corrected chi connectivity index (χ2v) is 6.43. The van der Waals surface area contributed by atoms with Gasteiger partial charge in [0.2, 0.25) is 0 Å². The number of likely N-dealkylation sites (tertiary alicyclic amines) is 1. The molecule has 0 radical (unpaired) electrons. The van der Waals surface area contributed by atoms with E-state index in [-0.39, 0.29) is 29.8 Å². The van der Waals surface area contributed by atoms with Gasteiger partial charge in [0.1, 0.15) is 0 Å². The fourth-order valence-electron chi connectivity index (χ4n) is 2.56. The van der Waals surface area contributed by atoms with E-state index in [0.717, 1.165) is 18.5 Å². The van der Waals surface area contributed by atoms with Crippen molar-refractivity contribution in [3.63, 3.8) is 0 Å². The Labute approximate surface area is 131 Å². The van der Waals surface area contributed by atoms with Gasteiger partial charge in [0.05, 0.1) is 0 Å². The van der Waals surface area contributed by atoms with Crippen LogP contribution in [-0.4, -0.2) is 29.9 Å². The van der Waals surface area contributed by atoms with E-state index in [1.54, 1.807) is 0 Å². The Morgan fingerprint density at radius 2 is 2.10 bits per heavy atom. The van der Waals surface area contributed by atoms with E-state index in [0.29, 0.717) is 17.1 Å². The SMILES string of the molecule is Cc1c(Cl)cccc1C(=O)N1CCC(N)C(C)(C)C1.Cl. The van der Waals surface area contributed by atoms with Crippen LogP contribution in [-0.2, 0) is 0 Å². The van der Waals surface area contributed by atoms with Crippen LogP contribution in [0.5, 0.6) is 0 Å². The van der Waals surface area contributed by atoms with Crippen LogP contribution in [0.2, 0.25) is 5.02 Å². The molecule has 1 atom stereocenters. The largest absolute Gasteiger partial charge is 0.338 e. The number of nitrogens with two attached hydrogens (primary N) is 1. The molecule has 0 aliphatic carbocycles. The van der Waals surface area contributed by atoms with Crippen LogP contribution in [0.1, 0.15) is 36.2 Å². The minimum absolute atomic E-state index is 0. The van der Waals surface area contributed by atoms with Gasteiger partial charge in [-0.25, -0.2) is 0 Å². The summed E-state index contributed by atoms with van der Waals surface area (Å²) in [6.07, 6.45) is 0.846. The number of nitrogens with zero attached hydrogens (tertiary/aromatic N) is 1. The maximum Gasteiger partial charge on any atom is 0.254 e. The maximum absolute atomic E-state index is 12.6. The van der Waals surface area contributed by atoms with Crippen LogP contribution in [0.25, 0.3) is 0 Å². The zero-order valence-electron chi connectivity index (χ0n) is 12.1. The summed E-state index contributed by atoms with van der Waals surface area (Å²) >= 11 is 6.09. The van der Waals surface area contributed by atoms with E-state index in [2.05, 4.69) is 13.8 Å². The summed E-state index contributed by atoms with van der Waals surface area (Å²) in [4.78, 5) is 14.5. The van der Waals surface area contributed by atoms with Gasteiger partial charge in [-0.3, -0.25) is 4.79 Å². The molecule has 1 fully saturated rings. The van der Waals surface area contributed by atoms with E-state index in [1.807, 2.05) is 30.0 Å². The van der Waals surface area contributed by atoms with E-state index in [9.17, 15) is 4.79 Å². The van der Waals surface area contributed by atoms with E-state index in [4.69, 9.17) is 17.3 Å². The van der Waals surface area contributed by atoms with Gasteiger partial charge in [0.25, 0.3) is 5.91 Å². The highest BCUT2D eigenvalue weighted by molar-refractivity contribution is 6.31. The Bertz CT molecular complexity index is 503. The Morgan fingerprint density at radius 3 is 2.70 bits per heavy atom. The first-order valence-electron chi connectivity index (χ1n) is 6.63. The molecule has 1 unspecified atom stereocenters. The summed E-state index contributed by atoms with van der Waals surface area (Å²) in [5.41, 5.74) is 7.61. The molecule has 1 amide bonds. The van der Waals surface area contributed by atoms with Crippen molar-refractivity contribution < 1.29 is 4.79 Å². The average molecular weight is 317 g/mol. The van der Waals surface area contributed by atoms with Crippen LogP contribution >= 0.6 is 24.0 Å². The first-order valence-corrected chi connectivity index (χ1v) is 7.00. The molecule has 2 N–H and O–H groups in total. The van der Waals surface area contributed by atoms with Crippen LogP contribution in [0.4, 0.5) is 0 Å². The summed E-state index contributed by atoms with van der Waals surface area (Å²) in [5, 5.41) is 0.638. The molecule has 1 aromatic rings. The Morgan fingerprint density at radius 1 is 1.45 bits per heavy atom. The lowest BCUT2D eigenvalue weighted by Crippen LogP contribution is -2.54. The molecule has 1 heterocycles. The molecule has 112 valence electrons. The van der Waals surface area contributed by atoms with Crippen molar-refractivity contribution in [2.75, 3.05) is 13.1 Å². The Balaban J connectivity index is 0.00000200. The van der Waals surface area contributed by atoms with Gasteiger partial charge in [0.15, 0.2) is 0 Å². The Hall–Kier alpha value is -0.770. The molecule has 1 aliphatic heterocycles. The summed E-state index contributed by atoms with van der Waals surface area (Å²) < 4.78 is 0. The zero-order valence-corrected chi connectivity index (χ0v) is 13.7. The molecular formula is C15H22Cl2N2O. The number of amides is 1. The smallest absolute Gasteiger partial charge is 0.254 e. The number of carbonyl (C=O) groups is 1. The van der Waals surface area contributed by atoms with Crippen LogP contribution in [0.3, 0.4) is 0 Å². The average Bonchev–Trinajstić information content (AvgIpc) is 2.35. The highest BCUT2D eigenvalue weighted by Crippen LogP contribution is 2.29. The second-order valence-electron chi connectivity index (χ2n) is 6.02. The van der Waals surface area contributed by atoms with Crippen molar-refractivity contribution in [2.45, 2.75) is 33.2 Å². The van der Waals surface area contributed by atoms with Gasteiger partial charge in [-0.05, 0) is 36.5 Å². The summed E-state index contributed by atoms with van der Waals surface area (Å²) in [6.45, 7) is 7.52. The van der Waals surface area contributed by atoms with E-state index in [1.165, 1.54) is 0 Å². The summed E-state index contributed by atoms with van der Waals surface area (Å²) in [5.74, 6) is 0.0555. The molecular weight excluding hydrogens is 295 g/mol. The normalized spacial score (nSPS) is 21.2. The number of hydrogen-bond donors (Lipinski definition) is 1. The predicted octanol–water partition coefficient (Wildman–Crippen LogP) is 3.27. The van der Waals surface area contributed by atoms with Gasteiger partial charge in [0, 0.05) is 29.7 Å². The molecule has 20 heavy (non-hydrogen) atoms. The van der Waals surface area contributed by atoms with E-state index < -0.39 is 0 Å². The lowest BCUT2D eigenvalue weighted by atomic mass is 9.79. The van der Waals surface area contributed by atoms with Gasteiger partial charge < -0.3 is 10.6 Å². The van der Waals surface area contributed by atoms with Crippen molar-refractivity contribution in [1.82, 2.24) is 4.90 Å². The van der Waals surface area contributed by atoms with Crippen LogP contribution < -0.4 is 5.73 Å². The lowest BCUT2D eigenvalue weighted by molar-refractivity contribution is 0.0532. The molecule has 3 nitrogen and oxygen atoms in total. The maximum atomic E-state index is 12.6. The van der Waals surface area contributed by atoms with Gasteiger partial charge in [-0.15, -0.1) is 12.4 Å². The molecule has 5 heteroatoms. The molecule has 0 saturated carbocycles. The van der Waals surface area contributed by atoms with Crippen LogP contribution in [0.15, 0.2) is 18.2 Å². The fourth-order valence-corrected chi connectivity index (χ4v) is 2.73. The third-order valence-corrected chi connectivity index (χ3v) is 4.51. The first-order chi connectivity index (χ1) is 8.83. The highest BCUT2D eigenvalue weighted by atomic mass is 35.5. The minimum Gasteiger partial charge on any atom is -0.338 e. The van der Waals surface area contributed by atoms with Gasteiger partial charge in [-0.1, -0.05) is 31.5 Å². The van der Waals surface area contributed by atoms with Crippen molar-refractivity contribution in [2.24, 2.45) is 11.1 Å². The number of piperidine rings is 1. The fraction of sp³-hybridized carbons (Fsp3) is 0.533. The molecule has 1 saturated heterocycles. The Kier molecular flexibility index (Phi) is 5.47. The van der Waals surface area contributed by atoms with Crippen molar-refractivity contribution in [3.8, 4) is 0 Å². The number of halogens is 2. The summed E-state index contributed by atoms with van der Waals surface area (Å²) in [7, 11) is 0. The van der Waals surface area contributed by atoms with Gasteiger partial charge >= 0.3 is 0 Å². The first kappa shape index (κ1) is 17.3. The molecule has 0 spiro atoms. The van der Waals surface area contributed by atoms with Crippen molar-refractivity contribution in [1.29, 1.82) is 0 Å². The third-order valence-electron chi connectivity index (χ3n) is 4.10. The number of benzene rings is 1. The molecule has 0 aromatic heterocycles. The molecule has 0 bridgehead atoms. The molecule has 1 aromatic carbocycles.